The van der Waals surface area contributed by atoms with Crippen LogP contribution in [0.3, 0.4) is 0 Å². The molecule has 0 radical (unpaired) electrons. The zero-order chi connectivity index (χ0) is 24.0. The van der Waals surface area contributed by atoms with E-state index < -0.39 is 0 Å². The fourth-order valence-corrected chi connectivity index (χ4v) is 5.22. The standard InChI is InChI=1S/C29H35N5O/c1-2-32-17-19-33(20-18-32)28-26(22-30-27(31-28)25-11-7-4-8-12-25)29(35)34-15-13-24(14-16-34)21-23-9-5-3-6-10-23/h3-12,22,24H,2,13-21H2,1H3. The third-order valence-corrected chi connectivity index (χ3v) is 7.42. The maximum absolute atomic E-state index is 13.7. The molecule has 2 fully saturated rings. The quantitative estimate of drug-likeness (QED) is 0.536. The lowest BCUT2D eigenvalue weighted by Gasteiger charge is -2.36. The number of carbonyl (C=O) groups excluding carboxylic acids is 1. The molecule has 0 aliphatic carbocycles. The highest BCUT2D eigenvalue weighted by Gasteiger charge is 2.29. The summed E-state index contributed by atoms with van der Waals surface area (Å²) < 4.78 is 0. The van der Waals surface area contributed by atoms with Crippen molar-refractivity contribution in [2.45, 2.75) is 26.2 Å². The summed E-state index contributed by atoms with van der Waals surface area (Å²) in [5.41, 5.74) is 2.99. The van der Waals surface area contributed by atoms with Crippen LogP contribution in [0.5, 0.6) is 0 Å². The number of benzene rings is 2. The first-order chi connectivity index (χ1) is 17.2. The van der Waals surface area contributed by atoms with Crippen LogP contribution in [0.4, 0.5) is 5.82 Å². The molecule has 2 saturated heterocycles. The summed E-state index contributed by atoms with van der Waals surface area (Å²) in [6.07, 6.45) is 4.92. The van der Waals surface area contributed by atoms with E-state index in [4.69, 9.17) is 4.98 Å². The molecule has 35 heavy (non-hydrogen) atoms. The summed E-state index contributed by atoms with van der Waals surface area (Å²) in [4.78, 5) is 30.0. The van der Waals surface area contributed by atoms with Crippen molar-refractivity contribution in [2.24, 2.45) is 5.92 Å². The van der Waals surface area contributed by atoms with Crippen LogP contribution in [0.1, 0.15) is 35.7 Å². The van der Waals surface area contributed by atoms with Crippen molar-refractivity contribution in [1.82, 2.24) is 19.8 Å². The predicted molar refractivity (Wildman–Crippen MR) is 141 cm³/mol. The minimum atomic E-state index is 0.0655. The van der Waals surface area contributed by atoms with E-state index in [2.05, 4.69) is 52.0 Å². The van der Waals surface area contributed by atoms with Crippen molar-refractivity contribution in [3.8, 4) is 11.4 Å². The Kier molecular flexibility index (Phi) is 7.38. The molecule has 3 heterocycles. The summed E-state index contributed by atoms with van der Waals surface area (Å²) in [6.45, 7) is 8.55. The Morgan fingerprint density at radius 1 is 0.886 bits per heavy atom. The summed E-state index contributed by atoms with van der Waals surface area (Å²) in [6, 6.07) is 20.7. The Morgan fingerprint density at radius 2 is 1.54 bits per heavy atom. The zero-order valence-electron chi connectivity index (χ0n) is 20.6. The number of likely N-dealkylation sites (tertiary alicyclic amines) is 1. The second-order valence-corrected chi connectivity index (χ2v) is 9.64. The highest BCUT2D eigenvalue weighted by molar-refractivity contribution is 5.99. The second-order valence-electron chi connectivity index (χ2n) is 9.64. The van der Waals surface area contributed by atoms with E-state index in [0.717, 1.165) is 76.5 Å². The third kappa shape index (κ3) is 5.54. The van der Waals surface area contributed by atoms with Gasteiger partial charge in [-0.15, -0.1) is 0 Å². The molecule has 0 bridgehead atoms. The second kappa shape index (κ2) is 11.0. The number of carbonyl (C=O) groups is 1. The first-order valence-electron chi connectivity index (χ1n) is 12.9. The minimum absolute atomic E-state index is 0.0655. The van der Waals surface area contributed by atoms with Gasteiger partial charge >= 0.3 is 0 Å². The maximum Gasteiger partial charge on any atom is 0.259 e. The Labute approximate surface area is 208 Å². The van der Waals surface area contributed by atoms with E-state index in [-0.39, 0.29) is 5.91 Å². The molecule has 0 spiro atoms. The number of rotatable bonds is 6. The summed E-state index contributed by atoms with van der Waals surface area (Å²) >= 11 is 0. The van der Waals surface area contributed by atoms with E-state index in [0.29, 0.717) is 17.3 Å². The molecule has 0 unspecified atom stereocenters. The van der Waals surface area contributed by atoms with Crippen LogP contribution >= 0.6 is 0 Å². The van der Waals surface area contributed by atoms with Crippen LogP contribution in [0.15, 0.2) is 66.9 Å². The third-order valence-electron chi connectivity index (χ3n) is 7.42. The number of anilines is 1. The fraction of sp³-hybridized carbons (Fsp3) is 0.414. The van der Waals surface area contributed by atoms with Crippen LogP contribution in [-0.2, 0) is 6.42 Å². The highest BCUT2D eigenvalue weighted by Crippen LogP contribution is 2.27. The molecular formula is C29H35N5O. The maximum atomic E-state index is 13.7. The SMILES string of the molecule is CCN1CCN(c2nc(-c3ccccc3)ncc2C(=O)N2CCC(Cc3ccccc3)CC2)CC1. The molecule has 6 heteroatoms. The van der Waals surface area contributed by atoms with Gasteiger partial charge in [0.15, 0.2) is 5.82 Å². The lowest BCUT2D eigenvalue weighted by molar-refractivity contribution is 0.0690. The molecule has 2 aliphatic rings. The van der Waals surface area contributed by atoms with Gasteiger partial charge in [-0.2, -0.15) is 0 Å². The molecule has 1 amide bonds. The average molecular weight is 470 g/mol. The largest absolute Gasteiger partial charge is 0.353 e. The Hall–Kier alpha value is -3.25. The average Bonchev–Trinajstić information content (AvgIpc) is 2.94. The summed E-state index contributed by atoms with van der Waals surface area (Å²) in [7, 11) is 0. The van der Waals surface area contributed by atoms with Crippen molar-refractivity contribution in [1.29, 1.82) is 0 Å². The van der Waals surface area contributed by atoms with Crippen molar-refractivity contribution in [3.05, 3.63) is 78.0 Å². The van der Waals surface area contributed by atoms with Crippen LogP contribution in [0, 0.1) is 5.92 Å². The number of nitrogens with zero attached hydrogens (tertiary/aromatic N) is 5. The normalized spacial score (nSPS) is 17.5. The predicted octanol–water partition coefficient (Wildman–Crippen LogP) is 4.38. The van der Waals surface area contributed by atoms with Gasteiger partial charge in [-0.05, 0) is 37.3 Å². The molecule has 0 N–H and O–H groups in total. The van der Waals surface area contributed by atoms with Crippen LogP contribution in [-0.4, -0.2) is 71.5 Å². The molecule has 3 aromatic rings. The van der Waals surface area contributed by atoms with E-state index in [9.17, 15) is 4.79 Å². The molecule has 5 rings (SSSR count). The van der Waals surface area contributed by atoms with E-state index >= 15 is 0 Å². The number of piperidine rings is 1. The van der Waals surface area contributed by atoms with Crippen molar-refractivity contribution < 1.29 is 4.79 Å². The molecule has 2 aliphatic heterocycles. The monoisotopic (exact) mass is 469 g/mol. The zero-order valence-corrected chi connectivity index (χ0v) is 20.6. The van der Waals surface area contributed by atoms with Crippen LogP contribution in [0.25, 0.3) is 11.4 Å². The minimum Gasteiger partial charge on any atom is -0.353 e. The van der Waals surface area contributed by atoms with Gasteiger partial charge in [-0.3, -0.25) is 4.79 Å². The van der Waals surface area contributed by atoms with Gasteiger partial charge < -0.3 is 14.7 Å². The van der Waals surface area contributed by atoms with Crippen LogP contribution < -0.4 is 4.90 Å². The highest BCUT2D eigenvalue weighted by atomic mass is 16.2. The summed E-state index contributed by atoms with van der Waals surface area (Å²) in [5, 5.41) is 0. The number of aromatic nitrogens is 2. The smallest absolute Gasteiger partial charge is 0.259 e. The van der Waals surface area contributed by atoms with Crippen molar-refractivity contribution in [2.75, 3.05) is 50.7 Å². The topological polar surface area (TPSA) is 52.6 Å². The van der Waals surface area contributed by atoms with Crippen molar-refractivity contribution in [3.63, 3.8) is 0 Å². The van der Waals surface area contributed by atoms with Gasteiger partial charge in [-0.1, -0.05) is 67.6 Å². The van der Waals surface area contributed by atoms with E-state index in [1.807, 2.05) is 35.2 Å². The number of amides is 1. The fourth-order valence-electron chi connectivity index (χ4n) is 5.22. The molecule has 182 valence electrons. The number of likely N-dealkylation sites (N-methyl/N-ethyl adjacent to an activating group) is 1. The van der Waals surface area contributed by atoms with Gasteiger partial charge in [0.1, 0.15) is 11.4 Å². The van der Waals surface area contributed by atoms with Gasteiger partial charge in [0, 0.05) is 51.0 Å². The van der Waals surface area contributed by atoms with E-state index in [1.165, 1.54) is 5.56 Å². The summed E-state index contributed by atoms with van der Waals surface area (Å²) in [5.74, 6) is 2.15. The van der Waals surface area contributed by atoms with Gasteiger partial charge in [0.2, 0.25) is 0 Å². The molecule has 2 aromatic carbocycles. The van der Waals surface area contributed by atoms with Crippen molar-refractivity contribution >= 4 is 11.7 Å². The Balaban J connectivity index is 1.34. The Morgan fingerprint density at radius 3 is 2.20 bits per heavy atom. The number of piperazine rings is 1. The van der Waals surface area contributed by atoms with Gasteiger partial charge in [-0.25, -0.2) is 9.97 Å². The molecular weight excluding hydrogens is 434 g/mol. The molecule has 6 nitrogen and oxygen atoms in total. The Bertz CT molecular complexity index is 1100. The van der Waals surface area contributed by atoms with E-state index in [1.54, 1.807) is 6.20 Å². The van der Waals surface area contributed by atoms with Gasteiger partial charge in [0.05, 0.1) is 0 Å². The van der Waals surface area contributed by atoms with Gasteiger partial charge in [0.25, 0.3) is 5.91 Å². The first-order valence-corrected chi connectivity index (χ1v) is 12.9. The molecule has 1 aromatic heterocycles. The van der Waals surface area contributed by atoms with Crippen LogP contribution in [0.2, 0.25) is 0 Å². The number of hydrogen-bond acceptors (Lipinski definition) is 5. The number of hydrogen-bond donors (Lipinski definition) is 0. The lowest BCUT2D eigenvalue weighted by atomic mass is 9.90. The molecule has 0 atom stereocenters. The lowest BCUT2D eigenvalue weighted by Crippen LogP contribution is -2.47. The first kappa shape index (κ1) is 23.5. The molecule has 0 saturated carbocycles.